The minimum absolute atomic E-state index is 0.309. The Labute approximate surface area is 165 Å². The van der Waals surface area contributed by atoms with Crippen LogP contribution in [0.4, 0.5) is 4.79 Å². The second-order valence-corrected chi connectivity index (χ2v) is 6.67. The molecular formula is C20H29N3O5. The first-order chi connectivity index (χ1) is 13.4. The standard InChI is InChI=1S/C20H29N3O5/c1-5-20(15-8-9-16(27-4)14(3)12-15)18(25)23(19(26)22-20)13-17(24)21-10-7-11-28-6-2/h8-9,12H,5-7,10-11,13H2,1-4H3,(H,21,24)(H,22,26). The van der Waals surface area contributed by atoms with Crippen molar-refractivity contribution in [2.24, 2.45) is 0 Å². The molecule has 1 aliphatic heterocycles. The summed E-state index contributed by atoms with van der Waals surface area (Å²) in [6.07, 6.45) is 1.04. The molecule has 1 fully saturated rings. The fourth-order valence-corrected chi connectivity index (χ4v) is 3.30. The summed E-state index contributed by atoms with van der Waals surface area (Å²) < 4.78 is 10.5. The maximum absolute atomic E-state index is 13.1. The van der Waals surface area contributed by atoms with Crippen molar-refractivity contribution in [1.29, 1.82) is 0 Å². The molecule has 0 spiro atoms. The van der Waals surface area contributed by atoms with Gasteiger partial charge in [0.25, 0.3) is 5.91 Å². The van der Waals surface area contributed by atoms with E-state index in [1.165, 1.54) is 0 Å². The van der Waals surface area contributed by atoms with E-state index in [-0.39, 0.29) is 12.5 Å². The minimum Gasteiger partial charge on any atom is -0.496 e. The first kappa shape index (κ1) is 21.7. The van der Waals surface area contributed by atoms with Crippen LogP contribution in [0.15, 0.2) is 18.2 Å². The van der Waals surface area contributed by atoms with E-state index in [1.54, 1.807) is 19.2 Å². The molecule has 8 nitrogen and oxygen atoms in total. The van der Waals surface area contributed by atoms with E-state index in [2.05, 4.69) is 10.6 Å². The van der Waals surface area contributed by atoms with Crippen molar-refractivity contribution in [3.05, 3.63) is 29.3 Å². The molecule has 154 valence electrons. The average molecular weight is 391 g/mol. The highest BCUT2D eigenvalue weighted by Crippen LogP contribution is 2.34. The lowest BCUT2D eigenvalue weighted by molar-refractivity contribution is -0.135. The Morgan fingerprint density at radius 3 is 2.64 bits per heavy atom. The number of hydrogen-bond acceptors (Lipinski definition) is 5. The van der Waals surface area contributed by atoms with Gasteiger partial charge in [0.2, 0.25) is 5.91 Å². The first-order valence-corrected chi connectivity index (χ1v) is 9.53. The van der Waals surface area contributed by atoms with Crippen LogP contribution >= 0.6 is 0 Å². The van der Waals surface area contributed by atoms with Crippen LogP contribution in [0.2, 0.25) is 0 Å². The second-order valence-electron chi connectivity index (χ2n) is 6.67. The zero-order valence-corrected chi connectivity index (χ0v) is 17.0. The van der Waals surface area contributed by atoms with Crippen LogP contribution in [0.1, 0.15) is 37.8 Å². The van der Waals surface area contributed by atoms with Crippen molar-refractivity contribution >= 4 is 17.8 Å². The molecule has 1 unspecified atom stereocenters. The monoisotopic (exact) mass is 391 g/mol. The average Bonchev–Trinajstić information content (AvgIpc) is 2.92. The fourth-order valence-electron chi connectivity index (χ4n) is 3.30. The molecule has 1 aromatic rings. The zero-order valence-electron chi connectivity index (χ0n) is 17.0. The predicted molar refractivity (Wildman–Crippen MR) is 104 cm³/mol. The summed E-state index contributed by atoms with van der Waals surface area (Å²) in [4.78, 5) is 38.7. The smallest absolute Gasteiger partial charge is 0.325 e. The summed E-state index contributed by atoms with van der Waals surface area (Å²) in [5.74, 6) is -0.0955. The molecule has 0 aliphatic carbocycles. The number of ether oxygens (including phenoxy) is 2. The van der Waals surface area contributed by atoms with Crippen LogP contribution in [0.3, 0.4) is 0 Å². The van der Waals surface area contributed by atoms with E-state index in [0.29, 0.717) is 43.9 Å². The van der Waals surface area contributed by atoms with Gasteiger partial charge in [0.1, 0.15) is 17.8 Å². The van der Waals surface area contributed by atoms with E-state index >= 15 is 0 Å². The summed E-state index contributed by atoms with van der Waals surface area (Å²) in [5, 5.41) is 5.49. The van der Waals surface area contributed by atoms with Gasteiger partial charge in [0.15, 0.2) is 0 Å². The van der Waals surface area contributed by atoms with Gasteiger partial charge in [-0.3, -0.25) is 14.5 Å². The zero-order chi connectivity index (χ0) is 20.7. The van der Waals surface area contributed by atoms with Gasteiger partial charge < -0.3 is 20.1 Å². The number of benzene rings is 1. The molecule has 1 aliphatic rings. The van der Waals surface area contributed by atoms with Crippen LogP contribution in [0, 0.1) is 6.92 Å². The number of aryl methyl sites for hydroxylation is 1. The summed E-state index contributed by atoms with van der Waals surface area (Å²) >= 11 is 0. The molecule has 1 aromatic carbocycles. The van der Waals surface area contributed by atoms with E-state index in [4.69, 9.17) is 9.47 Å². The number of urea groups is 1. The Balaban J connectivity index is 2.10. The molecule has 2 rings (SSSR count). The van der Waals surface area contributed by atoms with Gasteiger partial charge in [-0.25, -0.2) is 4.79 Å². The molecule has 0 aromatic heterocycles. The first-order valence-electron chi connectivity index (χ1n) is 9.53. The van der Waals surface area contributed by atoms with Crippen molar-refractivity contribution in [1.82, 2.24) is 15.5 Å². The lowest BCUT2D eigenvalue weighted by Crippen LogP contribution is -2.45. The highest BCUT2D eigenvalue weighted by atomic mass is 16.5. The summed E-state index contributed by atoms with van der Waals surface area (Å²) in [6.45, 7) is 6.90. The van der Waals surface area contributed by atoms with Crippen LogP contribution in [0.25, 0.3) is 0 Å². The lowest BCUT2D eigenvalue weighted by Gasteiger charge is -2.26. The molecule has 1 atom stereocenters. The Morgan fingerprint density at radius 2 is 2.04 bits per heavy atom. The SMILES string of the molecule is CCOCCCNC(=O)CN1C(=O)NC(CC)(c2ccc(OC)c(C)c2)C1=O. The largest absolute Gasteiger partial charge is 0.496 e. The Hall–Kier alpha value is -2.61. The van der Waals surface area contributed by atoms with Gasteiger partial charge in [0, 0.05) is 19.8 Å². The lowest BCUT2D eigenvalue weighted by atomic mass is 9.86. The highest BCUT2D eigenvalue weighted by Gasteiger charge is 2.51. The maximum atomic E-state index is 13.1. The van der Waals surface area contributed by atoms with Crippen LogP contribution in [-0.4, -0.2) is 56.2 Å². The van der Waals surface area contributed by atoms with Gasteiger partial charge >= 0.3 is 6.03 Å². The molecule has 8 heteroatoms. The highest BCUT2D eigenvalue weighted by molar-refractivity contribution is 6.09. The van der Waals surface area contributed by atoms with Crippen molar-refractivity contribution < 1.29 is 23.9 Å². The minimum atomic E-state index is -1.18. The van der Waals surface area contributed by atoms with Crippen molar-refractivity contribution in [3.63, 3.8) is 0 Å². The number of methoxy groups -OCH3 is 1. The van der Waals surface area contributed by atoms with Gasteiger partial charge in [-0.1, -0.05) is 13.0 Å². The molecule has 1 saturated heterocycles. The van der Waals surface area contributed by atoms with Gasteiger partial charge in [-0.2, -0.15) is 0 Å². The molecule has 0 saturated carbocycles. The van der Waals surface area contributed by atoms with Crippen LogP contribution in [0.5, 0.6) is 5.75 Å². The van der Waals surface area contributed by atoms with Gasteiger partial charge in [0.05, 0.1) is 7.11 Å². The summed E-state index contributed by atoms with van der Waals surface area (Å²) in [5.41, 5.74) is 0.357. The molecule has 0 radical (unpaired) electrons. The quantitative estimate of drug-likeness (QED) is 0.467. The van der Waals surface area contributed by atoms with Crippen LogP contribution < -0.4 is 15.4 Å². The summed E-state index contributed by atoms with van der Waals surface area (Å²) in [6, 6.07) is 4.81. The Morgan fingerprint density at radius 1 is 1.29 bits per heavy atom. The number of carbonyl (C=O) groups is 3. The third kappa shape index (κ3) is 4.44. The molecule has 4 amide bonds. The number of amides is 4. The molecule has 28 heavy (non-hydrogen) atoms. The predicted octanol–water partition coefficient (Wildman–Crippen LogP) is 1.70. The third-order valence-electron chi connectivity index (χ3n) is 4.89. The normalized spacial score (nSPS) is 18.9. The fraction of sp³-hybridized carbons (Fsp3) is 0.550. The number of carbonyl (C=O) groups excluding carboxylic acids is 3. The van der Waals surface area contributed by atoms with Crippen molar-refractivity contribution in [2.45, 2.75) is 39.2 Å². The van der Waals surface area contributed by atoms with E-state index in [9.17, 15) is 14.4 Å². The molecule has 2 N–H and O–H groups in total. The number of nitrogens with zero attached hydrogens (tertiary/aromatic N) is 1. The van der Waals surface area contributed by atoms with Gasteiger partial charge in [-0.05, 0) is 49.9 Å². The second kappa shape index (κ2) is 9.54. The van der Waals surface area contributed by atoms with E-state index in [1.807, 2.05) is 26.8 Å². The number of imide groups is 1. The van der Waals surface area contributed by atoms with Crippen LogP contribution in [-0.2, 0) is 19.9 Å². The van der Waals surface area contributed by atoms with E-state index < -0.39 is 17.5 Å². The maximum Gasteiger partial charge on any atom is 0.325 e. The molecule has 1 heterocycles. The Kier molecular flexibility index (Phi) is 7.39. The van der Waals surface area contributed by atoms with Crippen molar-refractivity contribution in [3.8, 4) is 5.75 Å². The topological polar surface area (TPSA) is 97.0 Å². The van der Waals surface area contributed by atoms with Gasteiger partial charge in [-0.15, -0.1) is 0 Å². The summed E-state index contributed by atoms with van der Waals surface area (Å²) in [7, 11) is 1.58. The van der Waals surface area contributed by atoms with Crippen molar-refractivity contribution in [2.75, 3.05) is 33.4 Å². The molecule has 0 bridgehead atoms. The Bertz CT molecular complexity index is 737. The molecular weight excluding hydrogens is 362 g/mol. The number of nitrogens with one attached hydrogen (secondary N) is 2. The van der Waals surface area contributed by atoms with E-state index in [0.717, 1.165) is 10.5 Å². The number of hydrogen-bond donors (Lipinski definition) is 2. The number of rotatable bonds is 10. The third-order valence-corrected chi connectivity index (χ3v) is 4.89.